The SMILES string of the molecule is CCOc1cc(C(=O)Nc2ccc(Cl)c(C)c2)c(OCC)cc1C(=O)Nc1ccc(Cl)c(C)c1. The van der Waals surface area contributed by atoms with Gasteiger partial charge < -0.3 is 20.1 Å². The van der Waals surface area contributed by atoms with Crippen molar-refractivity contribution in [3.05, 3.63) is 80.8 Å². The highest BCUT2D eigenvalue weighted by atomic mass is 35.5. The first-order valence-corrected chi connectivity index (χ1v) is 11.6. The largest absolute Gasteiger partial charge is 0.493 e. The summed E-state index contributed by atoms with van der Waals surface area (Å²) in [5, 5.41) is 6.91. The van der Waals surface area contributed by atoms with Gasteiger partial charge in [-0.3, -0.25) is 9.59 Å². The van der Waals surface area contributed by atoms with Gasteiger partial charge in [-0.25, -0.2) is 0 Å². The molecule has 0 atom stereocenters. The van der Waals surface area contributed by atoms with Crippen LogP contribution in [0, 0.1) is 13.8 Å². The standard InChI is InChI=1S/C26H26Cl2N2O4/c1-5-33-23-13-20(26(32)30-18-8-10-22(28)16(4)12-18)24(34-6-2)14-19(23)25(31)29-17-7-9-21(27)15(3)11-17/h7-14H,5-6H2,1-4H3,(H,29,31)(H,30,32). The van der Waals surface area contributed by atoms with Gasteiger partial charge >= 0.3 is 0 Å². The van der Waals surface area contributed by atoms with Crippen LogP contribution in [0.15, 0.2) is 48.5 Å². The summed E-state index contributed by atoms with van der Waals surface area (Å²) in [5.41, 5.74) is 3.35. The van der Waals surface area contributed by atoms with Gasteiger partial charge in [0.25, 0.3) is 11.8 Å². The van der Waals surface area contributed by atoms with Crippen LogP contribution in [0.2, 0.25) is 10.0 Å². The minimum Gasteiger partial charge on any atom is -0.493 e. The summed E-state index contributed by atoms with van der Waals surface area (Å²) in [6.07, 6.45) is 0. The molecule has 0 saturated carbocycles. The zero-order chi connectivity index (χ0) is 24.8. The van der Waals surface area contributed by atoms with Crippen molar-refractivity contribution >= 4 is 46.4 Å². The summed E-state index contributed by atoms with van der Waals surface area (Å²) in [4.78, 5) is 26.2. The summed E-state index contributed by atoms with van der Waals surface area (Å²) < 4.78 is 11.4. The molecule has 3 aromatic carbocycles. The van der Waals surface area contributed by atoms with Gasteiger partial charge in [0, 0.05) is 21.4 Å². The Morgan fingerprint density at radius 2 is 1.09 bits per heavy atom. The van der Waals surface area contributed by atoms with Gasteiger partial charge in [-0.05, 0) is 87.4 Å². The highest BCUT2D eigenvalue weighted by molar-refractivity contribution is 6.31. The van der Waals surface area contributed by atoms with Crippen LogP contribution in [0.1, 0.15) is 45.7 Å². The Labute approximate surface area is 209 Å². The van der Waals surface area contributed by atoms with E-state index in [1.807, 2.05) is 13.8 Å². The normalized spacial score (nSPS) is 10.5. The Hall–Kier alpha value is -3.22. The van der Waals surface area contributed by atoms with Crippen molar-refractivity contribution in [2.75, 3.05) is 23.8 Å². The third kappa shape index (κ3) is 6.01. The minimum atomic E-state index is -0.397. The average Bonchev–Trinajstić information content (AvgIpc) is 2.79. The Morgan fingerprint density at radius 3 is 1.41 bits per heavy atom. The van der Waals surface area contributed by atoms with Crippen LogP contribution in [-0.4, -0.2) is 25.0 Å². The number of nitrogens with one attached hydrogen (secondary N) is 2. The molecular formula is C26H26Cl2N2O4. The van der Waals surface area contributed by atoms with Crippen molar-refractivity contribution in [2.24, 2.45) is 0 Å². The number of carbonyl (C=O) groups is 2. The molecule has 0 fully saturated rings. The van der Waals surface area contributed by atoms with E-state index in [4.69, 9.17) is 32.7 Å². The number of carbonyl (C=O) groups excluding carboxylic acids is 2. The van der Waals surface area contributed by atoms with Crippen LogP contribution in [0.5, 0.6) is 11.5 Å². The Morgan fingerprint density at radius 1 is 0.706 bits per heavy atom. The summed E-state index contributed by atoms with van der Waals surface area (Å²) in [7, 11) is 0. The van der Waals surface area contributed by atoms with Crippen LogP contribution >= 0.6 is 23.2 Å². The van der Waals surface area contributed by atoms with Crippen molar-refractivity contribution in [1.82, 2.24) is 0 Å². The van der Waals surface area contributed by atoms with E-state index in [2.05, 4.69) is 10.6 Å². The molecule has 3 aromatic rings. The molecule has 0 heterocycles. The molecule has 8 heteroatoms. The number of hydrogen-bond donors (Lipinski definition) is 2. The number of amides is 2. The Kier molecular flexibility index (Phi) is 8.42. The molecule has 0 unspecified atom stereocenters. The quantitative estimate of drug-likeness (QED) is 0.352. The fourth-order valence-electron chi connectivity index (χ4n) is 3.31. The number of aryl methyl sites for hydroxylation is 2. The molecule has 3 rings (SSSR count). The van der Waals surface area contributed by atoms with Gasteiger partial charge in [0.1, 0.15) is 11.5 Å². The van der Waals surface area contributed by atoms with E-state index in [-0.39, 0.29) is 22.6 Å². The van der Waals surface area contributed by atoms with E-state index >= 15 is 0 Å². The number of halogens is 2. The zero-order valence-corrected chi connectivity index (χ0v) is 20.9. The van der Waals surface area contributed by atoms with E-state index in [9.17, 15) is 9.59 Å². The van der Waals surface area contributed by atoms with Crippen molar-refractivity contribution < 1.29 is 19.1 Å². The number of benzene rings is 3. The predicted octanol–water partition coefficient (Wildman–Crippen LogP) is 6.91. The van der Waals surface area contributed by atoms with Gasteiger partial charge in [0.05, 0.1) is 24.3 Å². The monoisotopic (exact) mass is 500 g/mol. The van der Waals surface area contributed by atoms with Crippen LogP contribution in [0.3, 0.4) is 0 Å². The number of rotatable bonds is 8. The van der Waals surface area contributed by atoms with Crippen molar-refractivity contribution in [3.8, 4) is 11.5 Å². The molecule has 0 aliphatic heterocycles. The third-order valence-corrected chi connectivity index (χ3v) is 5.85. The van der Waals surface area contributed by atoms with Crippen LogP contribution in [0.4, 0.5) is 11.4 Å². The van der Waals surface area contributed by atoms with E-state index in [0.717, 1.165) is 11.1 Å². The van der Waals surface area contributed by atoms with Gasteiger partial charge in [0.15, 0.2) is 0 Å². The minimum absolute atomic E-state index is 0.247. The number of ether oxygens (including phenoxy) is 2. The van der Waals surface area contributed by atoms with Gasteiger partial charge in [-0.15, -0.1) is 0 Å². The first kappa shape index (κ1) is 25.4. The fraction of sp³-hybridized carbons (Fsp3) is 0.231. The molecule has 0 aromatic heterocycles. The molecule has 6 nitrogen and oxygen atoms in total. The molecule has 34 heavy (non-hydrogen) atoms. The third-order valence-electron chi connectivity index (χ3n) is 5.00. The molecule has 0 saturated heterocycles. The molecule has 0 aliphatic rings. The topological polar surface area (TPSA) is 76.7 Å². The van der Waals surface area contributed by atoms with Crippen molar-refractivity contribution in [1.29, 1.82) is 0 Å². The summed E-state index contributed by atoms with van der Waals surface area (Å²) in [5.74, 6) is -0.254. The number of anilines is 2. The van der Waals surface area contributed by atoms with Crippen LogP contribution in [0.25, 0.3) is 0 Å². The maximum atomic E-state index is 13.1. The maximum Gasteiger partial charge on any atom is 0.259 e. The van der Waals surface area contributed by atoms with E-state index in [1.54, 1.807) is 50.2 Å². The van der Waals surface area contributed by atoms with E-state index < -0.39 is 11.8 Å². The molecular weight excluding hydrogens is 475 g/mol. The second-order valence-corrected chi connectivity index (χ2v) is 8.36. The summed E-state index contributed by atoms with van der Waals surface area (Å²) >= 11 is 12.2. The van der Waals surface area contributed by atoms with Crippen molar-refractivity contribution in [3.63, 3.8) is 0 Å². The van der Waals surface area contributed by atoms with Gasteiger partial charge in [-0.1, -0.05) is 23.2 Å². The van der Waals surface area contributed by atoms with E-state index in [0.29, 0.717) is 34.6 Å². The lowest BCUT2D eigenvalue weighted by Gasteiger charge is -2.17. The fourth-order valence-corrected chi connectivity index (χ4v) is 3.54. The zero-order valence-electron chi connectivity index (χ0n) is 19.4. The Balaban J connectivity index is 1.96. The van der Waals surface area contributed by atoms with Gasteiger partial charge in [0.2, 0.25) is 0 Å². The highest BCUT2D eigenvalue weighted by Gasteiger charge is 2.22. The van der Waals surface area contributed by atoms with E-state index in [1.165, 1.54) is 12.1 Å². The molecule has 0 bridgehead atoms. The average molecular weight is 501 g/mol. The second kappa shape index (κ2) is 11.3. The molecule has 2 amide bonds. The number of hydrogen-bond acceptors (Lipinski definition) is 4. The first-order valence-electron chi connectivity index (χ1n) is 10.8. The highest BCUT2D eigenvalue weighted by Crippen LogP contribution is 2.32. The second-order valence-electron chi connectivity index (χ2n) is 7.55. The van der Waals surface area contributed by atoms with Crippen LogP contribution < -0.4 is 20.1 Å². The maximum absolute atomic E-state index is 13.1. The summed E-state index contributed by atoms with van der Waals surface area (Å²) in [6.45, 7) is 7.93. The smallest absolute Gasteiger partial charge is 0.259 e. The van der Waals surface area contributed by atoms with Crippen molar-refractivity contribution in [2.45, 2.75) is 27.7 Å². The molecule has 178 valence electrons. The Bertz CT molecular complexity index is 1130. The van der Waals surface area contributed by atoms with Gasteiger partial charge in [-0.2, -0.15) is 0 Å². The lowest BCUT2D eigenvalue weighted by Crippen LogP contribution is -2.18. The predicted molar refractivity (Wildman–Crippen MR) is 137 cm³/mol. The molecule has 2 N–H and O–H groups in total. The molecule has 0 spiro atoms. The first-order chi connectivity index (χ1) is 16.2. The molecule has 0 radical (unpaired) electrons. The van der Waals surface area contributed by atoms with Crippen LogP contribution in [-0.2, 0) is 0 Å². The summed E-state index contributed by atoms with van der Waals surface area (Å²) in [6, 6.07) is 13.5. The lowest BCUT2D eigenvalue weighted by molar-refractivity contribution is 0.100. The molecule has 0 aliphatic carbocycles. The lowest BCUT2D eigenvalue weighted by atomic mass is 10.1.